The van der Waals surface area contributed by atoms with Gasteiger partial charge in [-0.05, 0) is 121 Å². The minimum atomic E-state index is -0.781. The lowest BCUT2D eigenvalue weighted by Crippen LogP contribution is -2.49. The molecule has 2 atom stereocenters. The first kappa shape index (κ1) is 39.2. The van der Waals surface area contributed by atoms with Crippen LogP contribution in [0, 0.1) is 11.8 Å². The first-order valence-corrected chi connectivity index (χ1v) is 19.5. The van der Waals surface area contributed by atoms with Crippen LogP contribution in [0.15, 0.2) is 158 Å². The van der Waals surface area contributed by atoms with E-state index in [4.69, 9.17) is 23.7 Å². The van der Waals surface area contributed by atoms with Crippen molar-refractivity contribution >= 4 is 0 Å². The molecule has 0 fully saturated rings. The number of hydrogen-bond donors (Lipinski definition) is 0. The minimum Gasteiger partial charge on any atom is -0.494 e. The summed E-state index contributed by atoms with van der Waals surface area (Å²) >= 11 is 0. The smallest absolute Gasteiger partial charge is 0.127 e. The first-order valence-electron chi connectivity index (χ1n) is 19.5. The third-order valence-corrected chi connectivity index (χ3v) is 10.2. The summed E-state index contributed by atoms with van der Waals surface area (Å²) in [5.41, 5.74) is 2.82. The summed E-state index contributed by atoms with van der Waals surface area (Å²) in [5, 5.41) is 0. The summed E-state index contributed by atoms with van der Waals surface area (Å²) in [4.78, 5) is 0. The Labute approximate surface area is 327 Å². The van der Waals surface area contributed by atoms with Crippen molar-refractivity contribution in [2.75, 3.05) is 13.2 Å². The maximum absolute atomic E-state index is 8.08. The highest BCUT2D eigenvalue weighted by Crippen LogP contribution is 2.49. The van der Waals surface area contributed by atoms with Crippen molar-refractivity contribution in [2.45, 2.75) is 65.6 Å². The van der Waals surface area contributed by atoms with E-state index in [1.54, 1.807) is 0 Å². The van der Waals surface area contributed by atoms with Crippen LogP contribution in [0.5, 0.6) is 34.5 Å². The van der Waals surface area contributed by atoms with E-state index in [9.17, 15) is 0 Å². The van der Waals surface area contributed by atoms with Crippen LogP contribution in [0.25, 0.3) is 0 Å². The van der Waals surface area contributed by atoms with E-state index in [0.717, 1.165) is 56.8 Å². The van der Waals surface area contributed by atoms with E-state index >= 15 is 0 Å². The maximum Gasteiger partial charge on any atom is 0.127 e. The highest BCUT2D eigenvalue weighted by Gasteiger charge is 2.48. The van der Waals surface area contributed by atoms with Gasteiger partial charge in [-0.3, -0.25) is 0 Å². The molecule has 0 aliphatic heterocycles. The zero-order chi connectivity index (χ0) is 38.7. The van der Waals surface area contributed by atoms with Gasteiger partial charge in [0.2, 0.25) is 0 Å². The zero-order valence-electron chi connectivity index (χ0n) is 33.0. The molecular formula is C50H54O5. The molecular weight excluding hydrogens is 681 g/mol. The molecule has 0 amide bonds. The quantitative estimate of drug-likeness (QED) is 0.0880. The van der Waals surface area contributed by atoms with Crippen LogP contribution in [0.3, 0.4) is 0 Å². The fraction of sp³-hybridized carbons (Fsp3) is 0.280. The molecule has 6 aromatic carbocycles. The Morgan fingerprint density at radius 3 is 1.11 bits per heavy atom. The van der Waals surface area contributed by atoms with Gasteiger partial charge in [0.25, 0.3) is 0 Å². The third kappa shape index (κ3) is 9.59. The summed E-state index contributed by atoms with van der Waals surface area (Å²) < 4.78 is 32.6. The second-order valence-electron chi connectivity index (χ2n) is 14.6. The fourth-order valence-corrected chi connectivity index (χ4v) is 7.32. The van der Waals surface area contributed by atoms with E-state index < -0.39 is 11.2 Å². The van der Waals surface area contributed by atoms with Crippen LogP contribution < -0.4 is 18.9 Å². The van der Waals surface area contributed by atoms with Crippen LogP contribution >= 0.6 is 0 Å². The van der Waals surface area contributed by atoms with Gasteiger partial charge in [-0.25, -0.2) is 0 Å². The molecule has 284 valence electrons. The van der Waals surface area contributed by atoms with Crippen molar-refractivity contribution in [1.29, 1.82) is 0 Å². The highest BCUT2D eigenvalue weighted by atomic mass is 16.5. The minimum absolute atomic E-state index is 0.0534. The summed E-state index contributed by atoms with van der Waals surface area (Å²) in [6.07, 6.45) is 1.21. The molecule has 0 aromatic heterocycles. The van der Waals surface area contributed by atoms with Crippen molar-refractivity contribution in [2.24, 2.45) is 11.8 Å². The average molecular weight is 735 g/mol. The molecule has 0 bridgehead atoms. The van der Waals surface area contributed by atoms with Crippen LogP contribution in [0.1, 0.15) is 63.8 Å². The molecule has 0 heterocycles. The van der Waals surface area contributed by atoms with Crippen molar-refractivity contribution in [1.82, 2.24) is 0 Å². The van der Waals surface area contributed by atoms with Gasteiger partial charge < -0.3 is 23.7 Å². The number of benzene rings is 6. The van der Waals surface area contributed by atoms with Gasteiger partial charge >= 0.3 is 0 Å². The predicted molar refractivity (Wildman–Crippen MR) is 223 cm³/mol. The Morgan fingerprint density at radius 1 is 0.400 bits per heavy atom. The zero-order valence-corrected chi connectivity index (χ0v) is 33.0. The van der Waals surface area contributed by atoms with Gasteiger partial charge in [0, 0.05) is 12.8 Å². The third-order valence-electron chi connectivity index (χ3n) is 10.2. The van der Waals surface area contributed by atoms with E-state index in [-0.39, 0.29) is 11.8 Å². The summed E-state index contributed by atoms with van der Waals surface area (Å²) in [6, 6.07) is 53.5. The normalized spacial score (nSPS) is 13.5. The molecule has 0 N–H and O–H groups in total. The van der Waals surface area contributed by atoms with E-state index in [0.29, 0.717) is 26.1 Å². The van der Waals surface area contributed by atoms with Gasteiger partial charge in [-0.15, -0.1) is 0 Å². The molecule has 0 aliphatic rings. The SMILES string of the molecule is CCOc1ccc(C(Cc2cccc(Oc3ccccc3)c2)(OC(Cc2cccc(Oc3ccccc3)c2)(c2ccc(OCC)cc2)C(C)C)C(C)C)cc1. The number of hydrogen-bond acceptors (Lipinski definition) is 5. The van der Waals surface area contributed by atoms with Gasteiger partial charge in [-0.2, -0.15) is 0 Å². The maximum atomic E-state index is 8.08. The Hall–Kier alpha value is -5.52. The molecule has 2 unspecified atom stereocenters. The monoisotopic (exact) mass is 734 g/mol. The molecule has 0 saturated heterocycles. The molecule has 5 nitrogen and oxygen atoms in total. The molecule has 0 aliphatic carbocycles. The van der Waals surface area contributed by atoms with Crippen molar-refractivity contribution in [3.05, 3.63) is 180 Å². The predicted octanol–water partition coefficient (Wildman–Crippen LogP) is 13.0. The second-order valence-corrected chi connectivity index (χ2v) is 14.6. The van der Waals surface area contributed by atoms with Gasteiger partial charge in [0.05, 0.1) is 13.2 Å². The van der Waals surface area contributed by atoms with Crippen LogP contribution in [-0.4, -0.2) is 13.2 Å². The Bertz CT molecular complexity index is 1910. The van der Waals surface area contributed by atoms with Crippen LogP contribution in [0.4, 0.5) is 0 Å². The molecule has 6 rings (SSSR count). The van der Waals surface area contributed by atoms with Crippen LogP contribution in [-0.2, 0) is 28.8 Å². The van der Waals surface area contributed by atoms with Crippen LogP contribution in [0.2, 0.25) is 0 Å². The molecule has 6 aromatic rings. The van der Waals surface area contributed by atoms with Gasteiger partial charge in [-0.1, -0.05) is 113 Å². The van der Waals surface area contributed by atoms with Gasteiger partial charge in [0.1, 0.15) is 45.7 Å². The fourth-order valence-electron chi connectivity index (χ4n) is 7.32. The largest absolute Gasteiger partial charge is 0.494 e. The molecule has 55 heavy (non-hydrogen) atoms. The summed E-state index contributed by atoms with van der Waals surface area (Å²) in [5.74, 6) is 4.93. The second kappa shape index (κ2) is 18.2. The Balaban J connectivity index is 1.49. The average Bonchev–Trinajstić information content (AvgIpc) is 3.19. The van der Waals surface area contributed by atoms with E-state index in [1.165, 1.54) is 0 Å². The lowest BCUT2D eigenvalue weighted by Gasteiger charge is -2.49. The Morgan fingerprint density at radius 2 is 0.764 bits per heavy atom. The summed E-state index contributed by atoms with van der Waals surface area (Å²) in [7, 11) is 0. The topological polar surface area (TPSA) is 46.2 Å². The lowest BCUT2D eigenvalue weighted by atomic mass is 9.73. The summed E-state index contributed by atoms with van der Waals surface area (Å²) in [6.45, 7) is 14.3. The first-order chi connectivity index (χ1) is 26.7. The molecule has 0 saturated carbocycles. The van der Waals surface area contributed by atoms with Crippen molar-refractivity contribution in [3.63, 3.8) is 0 Å². The van der Waals surface area contributed by atoms with Crippen molar-refractivity contribution < 1.29 is 23.7 Å². The lowest BCUT2D eigenvalue weighted by molar-refractivity contribution is -0.209. The Kier molecular flexibility index (Phi) is 13.0. The molecule has 0 spiro atoms. The van der Waals surface area contributed by atoms with Gasteiger partial charge in [0.15, 0.2) is 0 Å². The van der Waals surface area contributed by atoms with Crippen molar-refractivity contribution in [3.8, 4) is 34.5 Å². The number of rotatable bonds is 18. The van der Waals surface area contributed by atoms with E-state index in [2.05, 4.69) is 113 Å². The number of ether oxygens (including phenoxy) is 5. The highest BCUT2D eigenvalue weighted by molar-refractivity contribution is 5.41. The van der Waals surface area contributed by atoms with E-state index in [1.807, 2.05) is 86.6 Å². The number of para-hydroxylation sites is 2. The standard InChI is InChI=1S/C50H54O5/c1-7-51-43-29-25-41(26-30-43)49(37(3)4,35-39-17-15-23-47(33-39)53-45-19-11-9-12-20-45)55-50(38(5)6,42-27-31-44(32-28-42)52-8-2)36-40-18-16-24-48(34-40)54-46-21-13-10-14-22-46/h9-34,37-38H,7-8,35-36H2,1-6H3. The molecule has 0 radical (unpaired) electrons. The molecule has 5 heteroatoms.